The largest absolute Gasteiger partial charge is 0.337 e. The molecule has 1 atom stereocenters. The number of hydrogen-bond donors (Lipinski definition) is 0. The highest BCUT2D eigenvalue weighted by Gasteiger charge is 2.26. The molecule has 1 aromatic rings. The number of rotatable bonds is 2. The fourth-order valence-corrected chi connectivity index (χ4v) is 2.98. The molecule has 1 fully saturated rings. The normalized spacial score (nSPS) is 19.8. The first kappa shape index (κ1) is 14.5. The number of piperidine rings is 1. The highest BCUT2D eigenvalue weighted by molar-refractivity contribution is 9.10. The minimum Gasteiger partial charge on any atom is -0.337 e. The van der Waals surface area contributed by atoms with Crippen molar-refractivity contribution in [3.8, 4) is 0 Å². The molecule has 0 radical (unpaired) electrons. The van der Waals surface area contributed by atoms with Gasteiger partial charge < -0.3 is 9.80 Å². The predicted octanol–water partition coefficient (Wildman–Crippen LogP) is 2.92. The van der Waals surface area contributed by atoms with Crippen LogP contribution in [0.3, 0.4) is 0 Å². The van der Waals surface area contributed by atoms with Crippen molar-refractivity contribution in [3.05, 3.63) is 33.8 Å². The first-order valence-corrected chi connectivity index (χ1v) is 7.51. The van der Waals surface area contributed by atoms with Crippen LogP contribution in [0.4, 0.5) is 0 Å². The smallest absolute Gasteiger partial charge is 0.255 e. The number of halogens is 1. The predicted molar refractivity (Wildman–Crippen MR) is 81.5 cm³/mol. The standard InChI is InChI=1S/C15H21BrN2O/c1-11-6-4-8-13(14(11)16)15(19)18-9-5-7-12(10-18)17(2)3/h4,6,8,12H,5,7,9-10H2,1-3H3. The number of likely N-dealkylation sites (N-methyl/N-ethyl adjacent to an activating group) is 1. The molecule has 0 aromatic heterocycles. The van der Waals surface area contributed by atoms with Crippen LogP contribution in [-0.4, -0.2) is 48.9 Å². The molecule has 0 saturated carbocycles. The Kier molecular flexibility index (Phi) is 4.63. The molecule has 2 rings (SSSR count). The summed E-state index contributed by atoms with van der Waals surface area (Å²) in [4.78, 5) is 16.8. The Labute approximate surface area is 123 Å². The number of aryl methyl sites for hydroxylation is 1. The lowest BCUT2D eigenvalue weighted by atomic mass is 10.0. The van der Waals surface area contributed by atoms with Gasteiger partial charge in [-0.15, -0.1) is 0 Å². The van der Waals surface area contributed by atoms with E-state index in [-0.39, 0.29) is 5.91 Å². The Bertz CT molecular complexity index is 473. The highest BCUT2D eigenvalue weighted by Crippen LogP contribution is 2.24. The topological polar surface area (TPSA) is 23.6 Å². The monoisotopic (exact) mass is 324 g/mol. The molecule has 4 heteroatoms. The van der Waals surface area contributed by atoms with E-state index in [1.807, 2.05) is 30.0 Å². The van der Waals surface area contributed by atoms with Crippen LogP contribution in [0.15, 0.2) is 22.7 Å². The summed E-state index contributed by atoms with van der Waals surface area (Å²) in [6, 6.07) is 6.33. The zero-order valence-electron chi connectivity index (χ0n) is 11.8. The third-order valence-corrected chi connectivity index (χ3v) is 4.89. The van der Waals surface area contributed by atoms with Crippen LogP contribution in [0.25, 0.3) is 0 Å². The van der Waals surface area contributed by atoms with Gasteiger partial charge in [0.1, 0.15) is 0 Å². The van der Waals surface area contributed by atoms with Gasteiger partial charge in [0.05, 0.1) is 5.56 Å². The quantitative estimate of drug-likeness (QED) is 0.835. The van der Waals surface area contributed by atoms with Crippen molar-refractivity contribution >= 4 is 21.8 Å². The Morgan fingerprint density at radius 1 is 1.42 bits per heavy atom. The molecule has 0 aliphatic carbocycles. The number of carbonyl (C=O) groups excluding carboxylic acids is 1. The van der Waals surface area contributed by atoms with Gasteiger partial charge in [0, 0.05) is 23.6 Å². The lowest BCUT2D eigenvalue weighted by Gasteiger charge is -2.36. The zero-order valence-corrected chi connectivity index (χ0v) is 13.4. The second kappa shape index (κ2) is 6.06. The van der Waals surface area contributed by atoms with E-state index in [1.54, 1.807) is 0 Å². The van der Waals surface area contributed by atoms with Gasteiger partial charge in [-0.3, -0.25) is 4.79 Å². The van der Waals surface area contributed by atoms with Gasteiger partial charge in [0.25, 0.3) is 5.91 Å². The van der Waals surface area contributed by atoms with Crippen LogP contribution in [0.5, 0.6) is 0 Å². The summed E-state index contributed by atoms with van der Waals surface area (Å²) in [5.74, 6) is 0.141. The fourth-order valence-electron chi connectivity index (χ4n) is 2.54. The van der Waals surface area contributed by atoms with Gasteiger partial charge in [0.15, 0.2) is 0 Å². The molecule has 19 heavy (non-hydrogen) atoms. The van der Waals surface area contributed by atoms with E-state index < -0.39 is 0 Å². The molecule has 1 aliphatic heterocycles. The highest BCUT2D eigenvalue weighted by atomic mass is 79.9. The summed E-state index contributed by atoms with van der Waals surface area (Å²) in [5, 5.41) is 0. The van der Waals surface area contributed by atoms with E-state index in [0.29, 0.717) is 6.04 Å². The number of likely N-dealkylation sites (tertiary alicyclic amines) is 1. The molecule has 0 spiro atoms. The van der Waals surface area contributed by atoms with Crippen LogP contribution >= 0.6 is 15.9 Å². The minimum absolute atomic E-state index is 0.141. The van der Waals surface area contributed by atoms with E-state index in [4.69, 9.17) is 0 Å². The van der Waals surface area contributed by atoms with Crippen molar-refractivity contribution in [1.29, 1.82) is 0 Å². The zero-order chi connectivity index (χ0) is 14.0. The van der Waals surface area contributed by atoms with Gasteiger partial charge in [-0.2, -0.15) is 0 Å². The van der Waals surface area contributed by atoms with Crippen molar-refractivity contribution in [2.24, 2.45) is 0 Å². The Hall–Kier alpha value is -0.870. The second-order valence-corrected chi connectivity index (χ2v) is 6.24. The third kappa shape index (κ3) is 3.18. The van der Waals surface area contributed by atoms with Crippen LogP contribution in [0.1, 0.15) is 28.8 Å². The average Bonchev–Trinajstić information content (AvgIpc) is 2.41. The second-order valence-electron chi connectivity index (χ2n) is 5.45. The number of benzene rings is 1. The molecule has 1 aromatic carbocycles. The molecule has 3 nitrogen and oxygen atoms in total. The lowest BCUT2D eigenvalue weighted by molar-refractivity contribution is 0.0634. The summed E-state index contributed by atoms with van der Waals surface area (Å²) in [6.45, 7) is 3.70. The first-order valence-electron chi connectivity index (χ1n) is 6.71. The van der Waals surface area contributed by atoms with Gasteiger partial charge in [0.2, 0.25) is 0 Å². The van der Waals surface area contributed by atoms with E-state index in [0.717, 1.165) is 35.1 Å². The van der Waals surface area contributed by atoms with Crippen molar-refractivity contribution in [2.75, 3.05) is 27.2 Å². The molecular formula is C15H21BrN2O. The van der Waals surface area contributed by atoms with Crippen molar-refractivity contribution in [1.82, 2.24) is 9.80 Å². The van der Waals surface area contributed by atoms with Crippen molar-refractivity contribution in [3.63, 3.8) is 0 Å². The minimum atomic E-state index is 0.141. The number of carbonyl (C=O) groups is 1. The molecule has 0 N–H and O–H groups in total. The number of amides is 1. The molecule has 0 bridgehead atoms. The summed E-state index contributed by atoms with van der Waals surface area (Å²) in [6.07, 6.45) is 2.25. The van der Waals surface area contributed by atoms with E-state index in [1.165, 1.54) is 6.42 Å². The molecule has 104 valence electrons. The Balaban J connectivity index is 2.17. The third-order valence-electron chi connectivity index (χ3n) is 3.84. The molecule has 1 amide bonds. The summed E-state index contributed by atoms with van der Waals surface area (Å²) in [7, 11) is 4.17. The van der Waals surface area contributed by atoms with Crippen LogP contribution in [0, 0.1) is 6.92 Å². The number of nitrogens with zero attached hydrogens (tertiary/aromatic N) is 2. The maximum absolute atomic E-state index is 12.6. The summed E-state index contributed by atoms with van der Waals surface area (Å²) in [5.41, 5.74) is 1.88. The van der Waals surface area contributed by atoms with Crippen LogP contribution in [0.2, 0.25) is 0 Å². The Morgan fingerprint density at radius 3 is 2.84 bits per heavy atom. The summed E-state index contributed by atoms with van der Waals surface area (Å²) >= 11 is 3.53. The van der Waals surface area contributed by atoms with Crippen molar-refractivity contribution < 1.29 is 4.79 Å². The molecule has 1 aliphatic rings. The fraction of sp³-hybridized carbons (Fsp3) is 0.533. The first-order chi connectivity index (χ1) is 9.00. The lowest BCUT2D eigenvalue weighted by Crippen LogP contribution is -2.47. The van der Waals surface area contributed by atoms with Crippen LogP contribution in [-0.2, 0) is 0 Å². The van der Waals surface area contributed by atoms with Gasteiger partial charge in [-0.05, 0) is 61.4 Å². The SMILES string of the molecule is Cc1cccc(C(=O)N2CCCC(N(C)C)C2)c1Br. The average molecular weight is 325 g/mol. The molecule has 1 heterocycles. The summed E-state index contributed by atoms with van der Waals surface area (Å²) < 4.78 is 0.923. The van der Waals surface area contributed by atoms with E-state index in [2.05, 4.69) is 34.9 Å². The van der Waals surface area contributed by atoms with Gasteiger partial charge in [-0.25, -0.2) is 0 Å². The van der Waals surface area contributed by atoms with E-state index >= 15 is 0 Å². The molecule has 1 unspecified atom stereocenters. The van der Waals surface area contributed by atoms with Crippen molar-refractivity contribution in [2.45, 2.75) is 25.8 Å². The molecule has 1 saturated heterocycles. The number of hydrogen-bond acceptors (Lipinski definition) is 2. The maximum atomic E-state index is 12.6. The van der Waals surface area contributed by atoms with Gasteiger partial charge >= 0.3 is 0 Å². The van der Waals surface area contributed by atoms with E-state index in [9.17, 15) is 4.79 Å². The van der Waals surface area contributed by atoms with Gasteiger partial charge in [-0.1, -0.05) is 12.1 Å². The molecular weight excluding hydrogens is 304 g/mol. The Morgan fingerprint density at radius 2 is 2.16 bits per heavy atom. The maximum Gasteiger partial charge on any atom is 0.255 e. The van der Waals surface area contributed by atoms with Crippen LogP contribution < -0.4 is 0 Å².